The summed E-state index contributed by atoms with van der Waals surface area (Å²) in [5, 5.41) is 1.14. The van der Waals surface area contributed by atoms with Crippen LogP contribution in [-0.2, 0) is 0 Å². The molecule has 0 bridgehead atoms. The van der Waals surface area contributed by atoms with Crippen LogP contribution in [0.3, 0.4) is 0 Å². The average molecular weight is 274 g/mol. The molecule has 106 valence electrons. The Labute approximate surface area is 118 Å². The van der Waals surface area contributed by atoms with Crippen LogP contribution in [0, 0.1) is 5.82 Å². The Kier molecular flexibility index (Phi) is 4.69. The van der Waals surface area contributed by atoms with Crippen molar-refractivity contribution in [2.75, 3.05) is 19.6 Å². The molecule has 0 aliphatic rings. The van der Waals surface area contributed by atoms with Crippen molar-refractivity contribution in [1.29, 1.82) is 0 Å². The molecular weight excluding hydrogens is 255 g/mol. The molecular formula is C16H19FN2O. The number of nitrogens with two attached hydrogens (primary N) is 1. The van der Waals surface area contributed by atoms with Crippen LogP contribution >= 0.6 is 0 Å². The van der Waals surface area contributed by atoms with Crippen LogP contribution in [0.25, 0.3) is 10.8 Å². The first-order chi connectivity index (χ1) is 9.69. The number of carbonyl (C=O) groups is 1. The summed E-state index contributed by atoms with van der Waals surface area (Å²) in [7, 11) is 0. The molecule has 0 spiro atoms. The molecule has 0 atom stereocenters. The first-order valence-electron chi connectivity index (χ1n) is 6.85. The van der Waals surface area contributed by atoms with Gasteiger partial charge in [0.1, 0.15) is 5.82 Å². The Morgan fingerprint density at radius 1 is 1.20 bits per heavy atom. The molecule has 0 saturated heterocycles. The first-order valence-corrected chi connectivity index (χ1v) is 6.85. The van der Waals surface area contributed by atoms with Crippen LogP contribution in [0.5, 0.6) is 0 Å². The number of nitrogens with zero attached hydrogens (tertiary/aromatic N) is 1. The molecule has 0 unspecified atom stereocenters. The number of hydrogen-bond donors (Lipinski definition) is 1. The quantitative estimate of drug-likeness (QED) is 0.911. The fraction of sp³-hybridized carbons (Fsp3) is 0.312. The van der Waals surface area contributed by atoms with Gasteiger partial charge in [0, 0.05) is 24.0 Å². The lowest BCUT2D eigenvalue weighted by Crippen LogP contribution is -2.32. The van der Waals surface area contributed by atoms with Gasteiger partial charge in [-0.25, -0.2) is 4.39 Å². The second-order valence-electron chi connectivity index (χ2n) is 4.67. The topological polar surface area (TPSA) is 46.3 Å². The molecule has 2 N–H and O–H groups in total. The van der Waals surface area contributed by atoms with Gasteiger partial charge in [-0.3, -0.25) is 4.79 Å². The molecule has 0 aliphatic heterocycles. The van der Waals surface area contributed by atoms with Crippen LogP contribution in [0.2, 0.25) is 0 Å². The fourth-order valence-corrected chi connectivity index (χ4v) is 2.30. The largest absolute Gasteiger partial charge is 0.339 e. The molecule has 0 radical (unpaired) electrons. The molecule has 2 rings (SSSR count). The molecule has 3 nitrogen and oxygen atoms in total. The average Bonchev–Trinajstić information content (AvgIpc) is 2.48. The molecule has 1 amide bonds. The van der Waals surface area contributed by atoms with E-state index in [0.29, 0.717) is 36.0 Å². The SMILES string of the molecule is CCN(CCCN)C(=O)c1ccc(F)c2ccccc12. The first kappa shape index (κ1) is 14.5. The van der Waals surface area contributed by atoms with E-state index >= 15 is 0 Å². The summed E-state index contributed by atoms with van der Waals surface area (Å²) in [6, 6.07) is 9.97. The maximum absolute atomic E-state index is 13.8. The van der Waals surface area contributed by atoms with Crippen molar-refractivity contribution in [1.82, 2.24) is 4.90 Å². The number of carbonyl (C=O) groups excluding carboxylic acids is 1. The van der Waals surface area contributed by atoms with Gasteiger partial charge in [-0.2, -0.15) is 0 Å². The lowest BCUT2D eigenvalue weighted by Gasteiger charge is -2.21. The Morgan fingerprint density at radius 3 is 2.55 bits per heavy atom. The third-order valence-electron chi connectivity index (χ3n) is 3.40. The van der Waals surface area contributed by atoms with E-state index in [2.05, 4.69) is 0 Å². The van der Waals surface area contributed by atoms with E-state index < -0.39 is 0 Å². The molecule has 20 heavy (non-hydrogen) atoms. The monoisotopic (exact) mass is 274 g/mol. The van der Waals surface area contributed by atoms with E-state index in [1.54, 1.807) is 29.2 Å². The van der Waals surface area contributed by atoms with Crippen LogP contribution in [0.1, 0.15) is 23.7 Å². The van der Waals surface area contributed by atoms with E-state index in [0.717, 1.165) is 6.42 Å². The van der Waals surface area contributed by atoms with Gasteiger partial charge < -0.3 is 10.6 Å². The standard InChI is InChI=1S/C16H19FN2O/c1-2-19(11-5-10-18)16(20)14-8-9-15(17)13-7-4-3-6-12(13)14/h3-4,6-9H,2,5,10-11,18H2,1H3. The predicted molar refractivity (Wildman–Crippen MR) is 79.2 cm³/mol. The highest BCUT2D eigenvalue weighted by molar-refractivity contribution is 6.07. The zero-order chi connectivity index (χ0) is 14.5. The Bertz CT molecular complexity index is 612. The zero-order valence-corrected chi connectivity index (χ0v) is 11.6. The minimum absolute atomic E-state index is 0.0721. The van der Waals surface area contributed by atoms with Gasteiger partial charge in [0.25, 0.3) is 5.91 Å². The maximum atomic E-state index is 13.8. The van der Waals surface area contributed by atoms with Crippen molar-refractivity contribution >= 4 is 16.7 Å². The molecule has 4 heteroatoms. The van der Waals surface area contributed by atoms with Crippen molar-refractivity contribution in [3.05, 3.63) is 47.8 Å². The molecule has 2 aromatic carbocycles. The number of benzene rings is 2. The zero-order valence-electron chi connectivity index (χ0n) is 11.6. The summed E-state index contributed by atoms with van der Waals surface area (Å²) in [5.74, 6) is -0.376. The molecule has 0 heterocycles. The van der Waals surface area contributed by atoms with Crippen LogP contribution in [0.15, 0.2) is 36.4 Å². The van der Waals surface area contributed by atoms with Crippen molar-refractivity contribution in [2.24, 2.45) is 5.73 Å². The predicted octanol–water partition coefficient (Wildman–Crippen LogP) is 2.79. The summed E-state index contributed by atoms with van der Waals surface area (Å²) in [6.45, 7) is 3.72. The van der Waals surface area contributed by atoms with Crippen LogP contribution < -0.4 is 5.73 Å². The molecule has 0 fully saturated rings. The maximum Gasteiger partial charge on any atom is 0.254 e. The minimum Gasteiger partial charge on any atom is -0.339 e. The van der Waals surface area contributed by atoms with Gasteiger partial charge in [0.2, 0.25) is 0 Å². The van der Waals surface area contributed by atoms with Gasteiger partial charge in [-0.15, -0.1) is 0 Å². The number of halogens is 1. The van der Waals surface area contributed by atoms with Gasteiger partial charge >= 0.3 is 0 Å². The lowest BCUT2D eigenvalue weighted by molar-refractivity contribution is 0.0765. The minimum atomic E-state index is -0.304. The van der Waals surface area contributed by atoms with Gasteiger partial charge in [-0.1, -0.05) is 24.3 Å². The second kappa shape index (κ2) is 6.48. The highest BCUT2D eigenvalue weighted by Crippen LogP contribution is 2.23. The van der Waals surface area contributed by atoms with Crippen molar-refractivity contribution < 1.29 is 9.18 Å². The summed E-state index contributed by atoms with van der Waals surface area (Å²) in [5.41, 5.74) is 6.04. The summed E-state index contributed by atoms with van der Waals surface area (Å²) in [6.07, 6.45) is 0.763. The van der Waals surface area contributed by atoms with E-state index in [1.165, 1.54) is 6.07 Å². The van der Waals surface area contributed by atoms with Gasteiger partial charge in [-0.05, 0) is 37.4 Å². The number of hydrogen-bond acceptors (Lipinski definition) is 2. The third-order valence-corrected chi connectivity index (χ3v) is 3.40. The number of fused-ring (bicyclic) bond motifs is 1. The Balaban J connectivity index is 2.41. The second-order valence-corrected chi connectivity index (χ2v) is 4.67. The summed E-state index contributed by atoms with van der Waals surface area (Å²) >= 11 is 0. The van der Waals surface area contributed by atoms with E-state index in [9.17, 15) is 9.18 Å². The van der Waals surface area contributed by atoms with Crippen molar-refractivity contribution in [3.8, 4) is 0 Å². The number of rotatable bonds is 5. The number of amides is 1. The van der Waals surface area contributed by atoms with Crippen LogP contribution in [0.4, 0.5) is 4.39 Å². The van der Waals surface area contributed by atoms with Gasteiger partial charge in [0.15, 0.2) is 0 Å². The summed E-state index contributed by atoms with van der Waals surface area (Å²) in [4.78, 5) is 14.3. The van der Waals surface area contributed by atoms with Crippen molar-refractivity contribution in [3.63, 3.8) is 0 Å². The highest BCUT2D eigenvalue weighted by Gasteiger charge is 2.17. The molecule has 0 aliphatic carbocycles. The van der Waals surface area contributed by atoms with Crippen molar-refractivity contribution in [2.45, 2.75) is 13.3 Å². The highest BCUT2D eigenvalue weighted by atomic mass is 19.1. The molecule has 2 aromatic rings. The molecule has 0 saturated carbocycles. The molecule has 0 aromatic heterocycles. The van der Waals surface area contributed by atoms with E-state index in [-0.39, 0.29) is 11.7 Å². The normalized spacial score (nSPS) is 10.8. The smallest absolute Gasteiger partial charge is 0.254 e. The van der Waals surface area contributed by atoms with E-state index in [4.69, 9.17) is 5.73 Å². The third kappa shape index (κ3) is 2.80. The summed E-state index contributed by atoms with van der Waals surface area (Å²) < 4.78 is 13.8. The van der Waals surface area contributed by atoms with Gasteiger partial charge in [0.05, 0.1) is 0 Å². The van der Waals surface area contributed by atoms with Crippen LogP contribution in [-0.4, -0.2) is 30.4 Å². The Morgan fingerprint density at radius 2 is 1.90 bits per heavy atom. The Hall–Kier alpha value is -1.94. The van der Waals surface area contributed by atoms with E-state index in [1.807, 2.05) is 13.0 Å². The fourth-order valence-electron chi connectivity index (χ4n) is 2.30. The lowest BCUT2D eigenvalue weighted by atomic mass is 10.0.